The van der Waals surface area contributed by atoms with Crippen molar-refractivity contribution in [2.45, 2.75) is 20.1 Å². The molecule has 0 bridgehead atoms. The molecule has 0 radical (unpaired) electrons. The summed E-state index contributed by atoms with van der Waals surface area (Å²) in [7, 11) is 0. The molecule has 112 valence electrons. The Morgan fingerprint density at radius 1 is 1.38 bits per heavy atom. The van der Waals surface area contributed by atoms with Crippen molar-refractivity contribution < 1.29 is 23.0 Å². The molecule has 0 unspecified atom stereocenters. The van der Waals surface area contributed by atoms with Crippen LogP contribution in [0.25, 0.3) is 0 Å². The first kappa shape index (κ1) is 15.0. The molecule has 1 aromatic heterocycles. The molecule has 0 N–H and O–H groups in total. The van der Waals surface area contributed by atoms with Crippen molar-refractivity contribution in [3.05, 3.63) is 42.0 Å². The zero-order chi connectivity index (χ0) is 15.2. The summed E-state index contributed by atoms with van der Waals surface area (Å²) in [6, 6.07) is 4.86. The van der Waals surface area contributed by atoms with Crippen molar-refractivity contribution >= 4 is 6.29 Å². The Morgan fingerprint density at radius 3 is 2.86 bits per heavy atom. The summed E-state index contributed by atoms with van der Waals surface area (Å²) in [5, 5.41) is 0. The first-order valence-corrected chi connectivity index (χ1v) is 6.31. The van der Waals surface area contributed by atoms with Gasteiger partial charge in [0.2, 0.25) is 0 Å². The molecule has 21 heavy (non-hydrogen) atoms. The van der Waals surface area contributed by atoms with Gasteiger partial charge in [-0.2, -0.15) is 8.78 Å². The zero-order valence-corrected chi connectivity index (χ0v) is 11.3. The molecular formula is C14H14F2N2O3. The molecule has 0 amide bonds. The lowest BCUT2D eigenvalue weighted by atomic mass is 10.2. The number of halogens is 2. The molecule has 0 aliphatic carbocycles. The largest absolute Gasteiger partial charge is 0.490 e. The van der Waals surface area contributed by atoms with E-state index in [0.29, 0.717) is 23.2 Å². The van der Waals surface area contributed by atoms with E-state index in [0.717, 1.165) is 0 Å². The van der Waals surface area contributed by atoms with Crippen LogP contribution in [0.2, 0.25) is 0 Å². The van der Waals surface area contributed by atoms with Crippen LogP contribution in [0.3, 0.4) is 0 Å². The summed E-state index contributed by atoms with van der Waals surface area (Å²) < 4.78 is 37.0. The Labute approximate surface area is 120 Å². The van der Waals surface area contributed by atoms with Crippen molar-refractivity contribution in [2.24, 2.45) is 0 Å². The molecule has 0 fully saturated rings. The van der Waals surface area contributed by atoms with Crippen LogP contribution in [0.4, 0.5) is 8.78 Å². The summed E-state index contributed by atoms with van der Waals surface area (Å²) in [5.74, 6) is 0.670. The predicted octanol–water partition coefficient (Wildman–Crippen LogP) is 3.07. The van der Waals surface area contributed by atoms with Crippen molar-refractivity contribution in [3.8, 4) is 11.5 Å². The molecule has 0 saturated carbocycles. The molecule has 0 atom stereocenters. The second kappa shape index (κ2) is 6.83. The van der Waals surface area contributed by atoms with Crippen LogP contribution >= 0.6 is 0 Å². The third kappa shape index (κ3) is 3.36. The van der Waals surface area contributed by atoms with E-state index in [9.17, 15) is 13.6 Å². The van der Waals surface area contributed by atoms with Crippen LogP contribution in [0, 0.1) is 0 Å². The number of rotatable bonds is 7. The van der Waals surface area contributed by atoms with Gasteiger partial charge in [-0.1, -0.05) is 6.07 Å². The SMILES string of the molecule is CCOc1cccc(C=O)c1OCc1nccn1C(F)F. The van der Waals surface area contributed by atoms with E-state index in [1.807, 2.05) is 0 Å². The van der Waals surface area contributed by atoms with Gasteiger partial charge in [0.15, 0.2) is 23.6 Å². The average molecular weight is 296 g/mol. The molecule has 0 aliphatic heterocycles. The molecule has 1 heterocycles. The van der Waals surface area contributed by atoms with Gasteiger partial charge in [-0.05, 0) is 19.1 Å². The molecule has 7 heteroatoms. The van der Waals surface area contributed by atoms with E-state index in [1.165, 1.54) is 12.4 Å². The van der Waals surface area contributed by atoms with Crippen molar-refractivity contribution in [1.82, 2.24) is 9.55 Å². The first-order valence-electron chi connectivity index (χ1n) is 6.31. The summed E-state index contributed by atoms with van der Waals surface area (Å²) in [6.07, 6.45) is 3.05. The molecule has 0 saturated heterocycles. The molecule has 2 rings (SSSR count). The van der Waals surface area contributed by atoms with Crippen LogP contribution in [-0.4, -0.2) is 22.4 Å². The van der Waals surface area contributed by atoms with Crippen molar-refractivity contribution in [2.75, 3.05) is 6.61 Å². The highest BCUT2D eigenvalue weighted by molar-refractivity contribution is 5.81. The lowest BCUT2D eigenvalue weighted by molar-refractivity contribution is 0.0630. The van der Waals surface area contributed by atoms with E-state index in [-0.39, 0.29) is 23.7 Å². The fraction of sp³-hybridized carbons (Fsp3) is 0.286. The highest BCUT2D eigenvalue weighted by Gasteiger charge is 2.15. The third-order valence-electron chi connectivity index (χ3n) is 2.74. The Morgan fingerprint density at radius 2 is 2.19 bits per heavy atom. The number of hydrogen-bond acceptors (Lipinski definition) is 4. The standard InChI is InChI=1S/C14H14F2N2O3/c1-2-20-11-5-3-4-10(8-19)13(11)21-9-12-17-6-7-18(12)14(15)16/h3-8,14H,2,9H2,1H3. The fourth-order valence-electron chi connectivity index (χ4n) is 1.82. The van der Waals surface area contributed by atoms with Crippen LogP contribution in [0.1, 0.15) is 29.7 Å². The number of para-hydroxylation sites is 1. The Hall–Kier alpha value is -2.44. The Bertz CT molecular complexity index is 614. The second-order valence-electron chi connectivity index (χ2n) is 4.04. The number of carbonyl (C=O) groups is 1. The van der Waals surface area contributed by atoms with E-state index in [1.54, 1.807) is 25.1 Å². The monoisotopic (exact) mass is 296 g/mol. The van der Waals surface area contributed by atoms with Gasteiger partial charge < -0.3 is 9.47 Å². The van der Waals surface area contributed by atoms with Crippen molar-refractivity contribution in [3.63, 3.8) is 0 Å². The smallest absolute Gasteiger partial charge is 0.320 e. The van der Waals surface area contributed by atoms with Crippen LogP contribution in [-0.2, 0) is 6.61 Å². The number of nitrogens with zero attached hydrogens (tertiary/aromatic N) is 2. The lowest BCUT2D eigenvalue weighted by Gasteiger charge is -2.14. The third-order valence-corrected chi connectivity index (χ3v) is 2.74. The van der Waals surface area contributed by atoms with E-state index < -0.39 is 6.55 Å². The lowest BCUT2D eigenvalue weighted by Crippen LogP contribution is -2.09. The van der Waals surface area contributed by atoms with Gasteiger partial charge in [-0.25, -0.2) is 4.98 Å². The van der Waals surface area contributed by atoms with Gasteiger partial charge in [-0.15, -0.1) is 0 Å². The summed E-state index contributed by atoms with van der Waals surface area (Å²) in [4.78, 5) is 14.9. The van der Waals surface area contributed by atoms with Gasteiger partial charge in [0, 0.05) is 12.4 Å². The minimum absolute atomic E-state index is 0.0631. The number of aromatic nitrogens is 2. The topological polar surface area (TPSA) is 53.4 Å². The number of ether oxygens (including phenoxy) is 2. The predicted molar refractivity (Wildman–Crippen MR) is 70.8 cm³/mol. The van der Waals surface area contributed by atoms with E-state index in [4.69, 9.17) is 9.47 Å². The number of benzene rings is 1. The Balaban J connectivity index is 2.22. The minimum Gasteiger partial charge on any atom is -0.490 e. The molecule has 5 nitrogen and oxygen atoms in total. The first-order chi connectivity index (χ1) is 10.2. The molecule has 0 aliphatic rings. The quantitative estimate of drug-likeness (QED) is 0.737. The van der Waals surface area contributed by atoms with Gasteiger partial charge in [0.05, 0.1) is 12.2 Å². The summed E-state index contributed by atoms with van der Waals surface area (Å²) >= 11 is 0. The van der Waals surface area contributed by atoms with Crippen molar-refractivity contribution in [1.29, 1.82) is 0 Å². The summed E-state index contributed by atoms with van der Waals surface area (Å²) in [6.45, 7) is -0.702. The van der Waals surface area contributed by atoms with Crippen LogP contribution < -0.4 is 9.47 Å². The van der Waals surface area contributed by atoms with E-state index >= 15 is 0 Å². The number of imidazole rings is 1. The van der Waals surface area contributed by atoms with E-state index in [2.05, 4.69) is 4.98 Å². The normalized spacial score (nSPS) is 10.7. The number of aldehydes is 1. The average Bonchev–Trinajstić information content (AvgIpc) is 2.94. The maximum atomic E-state index is 12.7. The minimum atomic E-state index is -2.70. The zero-order valence-electron chi connectivity index (χ0n) is 11.3. The fourth-order valence-corrected chi connectivity index (χ4v) is 1.82. The maximum absolute atomic E-state index is 12.7. The molecule has 2 aromatic rings. The van der Waals surface area contributed by atoms with Gasteiger partial charge >= 0.3 is 6.55 Å². The van der Waals surface area contributed by atoms with Gasteiger partial charge in [0.1, 0.15) is 6.61 Å². The van der Waals surface area contributed by atoms with Crippen LogP contribution in [0.5, 0.6) is 11.5 Å². The maximum Gasteiger partial charge on any atom is 0.320 e. The number of hydrogen-bond donors (Lipinski definition) is 0. The number of carbonyl (C=O) groups excluding carboxylic acids is 1. The van der Waals surface area contributed by atoms with Gasteiger partial charge in [-0.3, -0.25) is 9.36 Å². The number of alkyl halides is 2. The Kier molecular flexibility index (Phi) is 4.86. The second-order valence-corrected chi connectivity index (χ2v) is 4.04. The molecule has 1 aromatic carbocycles. The molecule has 0 spiro atoms. The highest BCUT2D eigenvalue weighted by Crippen LogP contribution is 2.31. The highest BCUT2D eigenvalue weighted by atomic mass is 19.3. The van der Waals surface area contributed by atoms with Crippen LogP contribution in [0.15, 0.2) is 30.6 Å². The summed E-state index contributed by atoms with van der Waals surface area (Å²) in [5.41, 5.74) is 0.288. The van der Waals surface area contributed by atoms with Gasteiger partial charge in [0.25, 0.3) is 0 Å². The molecular weight excluding hydrogens is 282 g/mol.